The molecule has 2 rings (SSSR count). The summed E-state index contributed by atoms with van der Waals surface area (Å²) in [6.45, 7) is 0. The van der Waals surface area contributed by atoms with Crippen molar-refractivity contribution in [2.45, 2.75) is 0 Å². The van der Waals surface area contributed by atoms with Gasteiger partial charge >= 0.3 is 5.97 Å². The molecule has 0 bridgehead atoms. The van der Waals surface area contributed by atoms with Crippen molar-refractivity contribution in [1.29, 1.82) is 0 Å². The molecule has 0 fully saturated rings. The number of rotatable bonds is 3. The third kappa shape index (κ3) is 2.91. The third-order valence-electron chi connectivity index (χ3n) is 2.24. The lowest BCUT2D eigenvalue weighted by Crippen LogP contribution is -2.01. The van der Waals surface area contributed by atoms with Crippen LogP contribution in [0.4, 0.5) is 4.39 Å². The molecule has 0 saturated heterocycles. The van der Waals surface area contributed by atoms with E-state index in [0.717, 1.165) is 12.1 Å². The number of aromatic amines is 1. The van der Waals surface area contributed by atoms with E-state index in [1.165, 1.54) is 13.2 Å². The Bertz CT molecular complexity index is 702. The van der Waals surface area contributed by atoms with Gasteiger partial charge in [0.15, 0.2) is 0 Å². The van der Waals surface area contributed by atoms with Gasteiger partial charge < -0.3 is 9.84 Å². The van der Waals surface area contributed by atoms with Crippen LogP contribution >= 0.6 is 12.2 Å². The van der Waals surface area contributed by atoms with Gasteiger partial charge in [0, 0.05) is 5.56 Å². The first-order valence-corrected chi connectivity index (χ1v) is 5.47. The highest BCUT2D eigenvalue weighted by Crippen LogP contribution is 2.19. The summed E-state index contributed by atoms with van der Waals surface area (Å²) in [5.74, 6) is -1.74. The number of hydrogen-bond donors (Lipinski definition) is 2. The summed E-state index contributed by atoms with van der Waals surface area (Å²) >= 11 is 4.84. The molecule has 0 saturated carbocycles. The number of H-pyrrole nitrogens is 1. The minimum Gasteiger partial charge on any atom is -0.478 e. The number of benzene rings is 1. The summed E-state index contributed by atoms with van der Waals surface area (Å²) in [6.07, 6.45) is 0. The molecule has 0 aliphatic rings. The fourth-order valence-electron chi connectivity index (χ4n) is 1.45. The minimum atomic E-state index is -1.24. The van der Waals surface area contributed by atoms with Gasteiger partial charge in [-0.15, -0.1) is 0 Å². The van der Waals surface area contributed by atoms with Crippen LogP contribution < -0.4 is 4.74 Å². The van der Waals surface area contributed by atoms with Crippen molar-refractivity contribution >= 4 is 18.2 Å². The molecule has 0 radical (unpaired) electrons. The molecule has 6 nitrogen and oxygen atoms in total. The average Bonchev–Trinajstić information content (AvgIpc) is 2.37. The third-order valence-corrected chi connectivity index (χ3v) is 2.42. The Morgan fingerprint density at radius 2 is 2.16 bits per heavy atom. The second-order valence-electron chi connectivity index (χ2n) is 3.52. The normalized spacial score (nSPS) is 10.2. The molecule has 98 valence electrons. The van der Waals surface area contributed by atoms with Crippen molar-refractivity contribution < 1.29 is 19.0 Å². The molecule has 0 unspecified atom stereocenters. The van der Waals surface area contributed by atoms with Gasteiger partial charge in [0.05, 0.1) is 12.7 Å². The maximum absolute atomic E-state index is 13.4. The fourth-order valence-corrected chi connectivity index (χ4v) is 1.62. The number of nitrogens with one attached hydrogen (secondary N) is 1. The first-order chi connectivity index (χ1) is 8.99. The van der Waals surface area contributed by atoms with Gasteiger partial charge in [0.25, 0.3) is 6.01 Å². The van der Waals surface area contributed by atoms with Crippen LogP contribution in [0.1, 0.15) is 10.4 Å². The summed E-state index contributed by atoms with van der Waals surface area (Å²) < 4.78 is 18.3. The molecule has 0 amide bonds. The Kier molecular flexibility index (Phi) is 3.52. The van der Waals surface area contributed by atoms with Crippen LogP contribution in [0, 0.1) is 10.6 Å². The summed E-state index contributed by atoms with van der Waals surface area (Å²) in [4.78, 5) is 21.2. The van der Waals surface area contributed by atoms with E-state index >= 15 is 0 Å². The van der Waals surface area contributed by atoms with Crippen LogP contribution in [0.25, 0.3) is 11.4 Å². The first-order valence-electron chi connectivity index (χ1n) is 5.06. The van der Waals surface area contributed by atoms with Gasteiger partial charge in [0.1, 0.15) is 11.6 Å². The number of aromatic nitrogens is 3. The molecule has 1 heterocycles. The topological polar surface area (TPSA) is 88.1 Å². The largest absolute Gasteiger partial charge is 0.478 e. The monoisotopic (exact) mass is 281 g/mol. The lowest BCUT2D eigenvalue weighted by molar-refractivity contribution is 0.0696. The molecule has 2 N–H and O–H groups in total. The second-order valence-corrected chi connectivity index (χ2v) is 3.89. The molecule has 0 aliphatic carbocycles. The smallest absolute Gasteiger partial charge is 0.335 e. The van der Waals surface area contributed by atoms with Crippen LogP contribution in [0.3, 0.4) is 0 Å². The van der Waals surface area contributed by atoms with Gasteiger partial charge in [0.2, 0.25) is 4.77 Å². The number of halogens is 1. The lowest BCUT2D eigenvalue weighted by atomic mass is 10.1. The maximum atomic E-state index is 13.4. The molecule has 1 aromatic carbocycles. The Morgan fingerprint density at radius 3 is 2.79 bits per heavy atom. The number of carboxylic acids is 1. The molecule has 8 heteroatoms. The van der Waals surface area contributed by atoms with E-state index in [1.807, 2.05) is 0 Å². The standard InChI is InChI=1S/C11H8FN3O3S/c1-18-10-13-8(14-11(19)15-10)5-2-6(9(16)17)4-7(12)3-5/h2-4H,1H3,(H,16,17)(H,13,14,15,19). The van der Waals surface area contributed by atoms with E-state index in [2.05, 4.69) is 15.0 Å². The Morgan fingerprint density at radius 1 is 1.42 bits per heavy atom. The Labute approximate surface area is 111 Å². The zero-order valence-electron chi connectivity index (χ0n) is 9.68. The zero-order valence-corrected chi connectivity index (χ0v) is 10.5. The second kappa shape index (κ2) is 5.11. The van der Waals surface area contributed by atoms with Gasteiger partial charge in [-0.1, -0.05) is 0 Å². The van der Waals surface area contributed by atoms with Crippen LogP contribution in [0.5, 0.6) is 6.01 Å². The van der Waals surface area contributed by atoms with E-state index < -0.39 is 11.8 Å². The van der Waals surface area contributed by atoms with E-state index in [9.17, 15) is 9.18 Å². The average molecular weight is 281 g/mol. The van der Waals surface area contributed by atoms with Crippen molar-refractivity contribution in [2.24, 2.45) is 0 Å². The summed E-state index contributed by atoms with van der Waals surface area (Å²) in [5, 5.41) is 8.88. The first kappa shape index (κ1) is 13.1. The van der Waals surface area contributed by atoms with Gasteiger partial charge in [-0.3, -0.25) is 4.98 Å². The van der Waals surface area contributed by atoms with E-state index in [-0.39, 0.29) is 27.7 Å². The molecule has 2 aromatic rings. The van der Waals surface area contributed by atoms with Crippen molar-refractivity contribution in [3.8, 4) is 17.4 Å². The van der Waals surface area contributed by atoms with E-state index in [1.54, 1.807) is 0 Å². The molecule has 0 spiro atoms. The molecule has 1 aromatic heterocycles. The molecular formula is C11H8FN3O3S. The predicted octanol–water partition coefficient (Wildman–Crippen LogP) is 2.05. The van der Waals surface area contributed by atoms with Crippen molar-refractivity contribution in [3.63, 3.8) is 0 Å². The highest BCUT2D eigenvalue weighted by molar-refractivity contribution is 7.71. The molecule has 0 aliphatic heterocycles. The number of aromatic carboxylic acids is 1. The van der Waals surface area contributed by atoms with Crippen LogP contribution in [0.2, 0.25) is 0 Å². The number of carbonyl (C=O) groups is 1. The quantitative estimate of drug-likeness (QED) is 0.837. The molecule has 19 heavy (non-hydrogen) atoms. The maximum Gasteiger partial charge on any atom is 0.335 e. The number of hydrogen-bond acceptors (Lipinski definition) is 5. The van der Waals surface area contributed by atoms with Crippen LogP contribution in [-0.2, 0) is 0 Å². The zero-order chi connectivity index (χ0) is 14.0. The van der Waals surface area contributed by atoms with Gasteiger partial charge in [-0.25, -0.2) is 14.2 Å². The molecule has 0 atom stereocenters. The Balaban J connectivity index is 2.61. The lowest BCUT2D eigenvalue weighted by Gasteiger charge is -2.05. The molecular weight excluding hydrogens is 273 g/mol. The number of ether oxygens (including phenoxy) is 1. The van der Waals surface area contributed by atoms with E-state index in [0.29, 0.717) is 0 Å². The minimum absolute atomic E-state index is 0.00624. The summed E-state index contributed by atoms with van der Waals surface area (Å²) in [5.41, 5.74) is 0.0519. The summed E-state index contributed by atoms with van der Waals surface area (Å²) in [7, 11) is 1.38. The highest BCUT2D eigenvalue weighted by atomic mass is 32.1. The number of nitrogens with zero attached hydrogens (tertiary/aromatic N) is 2. The van der Waals surface area contributed by atoms with Crippen molar-refractivity contribution in [2.75, 3.05) is 7.11 Å². The SMILES string of the molecule is COc1nc(=S)nc(-c2cc(F)cc(C(=O)O)c2)[nH]1. The fraction of sp³-hybridized carbons (Fsp3) is 0.0909. The predicted molar refractivity (Wildman–Crippen MR) is 66.1 cm³/mol. The highest BCUT2D eigenvalue weighted by Gasteiger charge is 2.11. The van der Waals surface area contributed by atoms with Crippen molar-refractivity contribution in [1.82, 2.24) is 15.0 Å². The van der Waals surface area contributed by atoms with Gasteiger partial charge in [-0.05, 0) is 30.4 Å². The van der Waals surface area contributed by atoms with Crippen LogP contribution in [0.15, 0.2) is 18.2 Å². The number of carboxylic acid groups (broad SMARTS) is 1. The van der Waals surface area contributed by atoms with E-state index in [4.69, 9.17) is 22.1 Å². The van der Waals surface area contributed by atoms with Crippen LogP contribution in [-0.4, -0.2) is 33.1 Å². The summed E-state index contributed by atoms with van der Waals surface area (Å²) in [6, 6.07) is 3.44. The van der Waals surface area contributed by atoms with Gasteiger partial charge in [-0.2, -0.15) is 4.98 Å². The number of methoxy groups -OCH3 is 1. The van der Waals surface area contributed by atoms with Crippen molar-refractivity contribution in [3.05, 3.63) is 34.4 Å². The Hall–Kier alpha value is -2.35.